The van der Waals surface area contributed by atoms with Gasteiger partial charge in [-0.05, 0) is 64.0 Å². The number of hydrogen-bond donors (Lipinski definition) is 1. The summed E-state index contributed by atoms with van der Waals surface area (Å²) in [5.41, 5.74) is 1.25. The van der Waals surface area contributed by atoms with Crippen molar-refractivity contribution in [1.29, 1.82) is 0 Å². The van der Waals surface area contributed by atoms with E-state index in [4.69, 9.17) is 11.6 Å². The fourth-order valence-corrected chi connectivity index (χ4v) is 2.69. The third kappa shape index (κ3) is 4.33. The van der Waals surface area contributed by atoms with E-state index in [1.165, 1.54) is 32.2 Å². The fraction of sp³-hybridized carbons (Fsp3) is 0.706. The van der Waals surface area contributed by atoms with Crippen LogP contribution in [0.5, 0.6) is 0 Å². The molecule has 2 aliphatic rings. The van der Waals surface area contributed by atoms with Crippen molar-refractivity contribution in [3.05, 3.63) is 22.8 Å². The summed E-state index contributed by atoms with van der Waals surface area (Å²) in [6, 6.07) is 2.89. The Kier molecular flexibility index (Phi) is 4.15. The molecule has 3 nitrogen and oxygen atoms in total. The van der Waals surface area contributed by atoms with E-state index >= 15 is 0 Å². The molecule has 0 amide bonds. The smallest absolute Gasteiger partial charge is 0.129 e. The molecule has 21 heavy (non-hydrogen) atoms. The van der Waals surface area contributed by atoms with Gasteiger partial charge in [-0.2, -0.15) is 0 Å². The first-order valence-corrected chi connectivity index (χ1v) is 8.46. The van der Waals surface area contributed by atoms with Crippen LogP contribution in [0.25, 0.3) is 0 Å². The monoisotopic (exact) mass is 307 g/mol. The van der Waals surface area contributed by atoms with Gasteiger partial charge in [0.15, 0.2) is 0 Å². The van der Waals surface area contributed by atoms with E-state index in [-0.39, 0.29) is 5.54 Å². The van der Waals surface area contributed by atoms with Gasteiger partial charge in [0, 0.05) is 30.9 Å². The quantitative estimate of drug-likeness (QED) is 0.861. The number of hydrogen-bond acceptors (Lipinski definition) is 3. The lowest BCUT2D eigenvalue weighted by atomic mass is 10.1. The van der Waals surface area contributed by atoms with E-state index in [1.54, 1.807) is 0 Å². The summed E-state index contributed by atoms with van der Waals surface area (Å²) >= 11 is 6.32. The van der Waals surface area contributed by atoms with Crippen LogP contribution in [-0.2, 0) is 6.54 Å². The van der Waals surface area contributed by atoms with Crippen molar-refractivity contribution in [2.45, 2.75) is 64.6 Å². The Morgan fingerprint density at radius 3 is 2.57 bits per heavy atom. The van der Waals surface area contributed by atoms with Crippen molar-refractivity contribution in [3.8, 4) is 0 Å². The molecule has 0 bridgehead atoms. The minimum atomic E-state index is 0.0942. The third-order valence-electron chi connectivity index (χ3n) is 4.16. The maximum Gasteiger partial charge on any atom is 0.129 e. The Bertz CT molecular complexity index is 501. The molecule has 2 aliphatic carbocycles. The predicted molar refractivity (Wildman–Crippen MR) is 88.9 cm³/mol. The standard InChI is InChI=1S/C17H26ClN3/c1-17(2,3)20-9-13-8-16(19-10-15(13)18)21(14-6-7-14)11-12-4-5-12/h8,10,12,14,20H,4-7,9,11H2,1-3H3. The molecular formula is C17H26ClN3. The molecule has 1 N–H and O–H groups in total. The lowest BCUT2D eigenvalue weighted by Gasteiger charge is -2.25. The molecule has 2 fully saturated rings. The van der Waals surface area contributed by atoms with Crippen LogP contribution in [0.4, 0.5) is 5.82 Å². The van der Waals surface area contributed by atoms with Crippen LogP contribution >= 0.6 is 11.6 Å². The lowest BCUT2D eigenvalue weighted by molar-refractivity contribution is 0.424. The van der Waals surface area contributed by atoms with Crippen LogP contribution in [0, 0.1) is 5.92 Å². The number of halogens is 1. The number of anilines is 1. The van der Waals surface area contributed by atoms with Gasteiger partial charge in [-0.25, -0.2) is 4.98 Å². The molecule has 2 saturated carbocycles. The molecule has 0 unspecified atom stereocenters. The van der Waals surface area contributed by atoms with Gasteiger partial charge in [-0.1, -0.05) is 11.6 Å². The van der Waals surface area contributed by atoms with Gasteiger partial charge in [0.25, 0.3) is 0 Å². The van der Waals surface area contributed by atoms with Crippen LogP contribution in [0.3, 0.4) is 0 Å². The molecule has 0 aromatic carbocycles. The maximum absolute atomic E-state index is 6.32. The second-order valence-electron chi connectivity index (χ2n) is 7.56. The highest BCUT2D eigenvalue weighted by atomic mass is 35.5. The van der Waals surface area contributed by atoms with Crippen LogP contribution in [0.1, 0.15) is 52.0 Å². The van der Waals surface area contributed by atoms with E-state index in [9.17, 15) is 0 Å². The molecule has 0 atom stereocenters. The van der Waals surface area contributed by atoms with Gasteiger partial charge in [-0.15, -0.1) is 0 Å². The van der Waals surface area contributed by atoms with Gasteiger partial charge < -0.3 is 10.2 Å². The van der Waals surface area contributed by atoms with Crippen LogP contribution < -0.4 is 10.2 Å². The largest absolute Gasteiger partial charge is 0.353 e. The number of rotatable bonds is 6. The van der Waals surface area contributed by atoms with E-state index < -0.39 is 0 Å². The minimum absolute atomic E-state index is 0.0942. The molecule has 0 spiro atoms. The Morgan fingerprint density at radius 1 is 1.29 bits per heavy atom. The van der Waals surface area contributed by atoms with Crippen molar-refractivity contribution >= 4 is 17.4 Å². The zero-order valence-electron chi connectivity index (χ0n) is 13.3. The molecule has 1 aromatic rings. The summed E-state index contributed by atoms with van der Waals surface area (Å²) < 4.78 is 0. The number of pyridine rings is 1. The predicted octanol–water partition coefficient (Wildman–Crippen LogP) is 4.00. The number of nitrogens with one attached hydrogen (secondary N) is 1. The first-order valence-electron chi connectivity index (χ1n) is 8.08. The topological polar surface area (TPSA) is 28.2 Å². The zero-order valence-corrected chi connectivity index (χ0v) is 14.1. The van der Waals surface area contributed by atoms with Crippen molar-refractivity contribution in [1.82, 2.24) is 10.3 Å². The van der Waals surface area contributed by atoms with Gasteiger partial charge >= 0.3 is 0 Å². The molecule has 0 radical (unpaired) electrons. The molecule has 0 aliphatic heterocycles. The Morgan fingerprint density at radius 2 is 2.00 bits per heavy atom. The summed E-state index contributed by atoms with van der Waals surface area (Å²) in [5, 5.41) is 4.27. The second kappa shape index (κ2) is 5.77. The fourth-order valence-electron chi connectivity index (χ4n) is 2.52. The summed E-state index contributed by atoms with van der Waals surface area (Å²) in [6.45, 7) is 8.48. The third-order valence-corrected chi connectivity index (χ3v) is 4.50. The second-order valence-corrected chi connectivity index (χ2v) is 7.97. The molecule has 116 valence electrons. The Balaban J connectivity index is 1.74. The molecule has 1 aromatic heterocycles. The van der Waals surface area contributed by atoms with Gasteiger partial charge in [-0.3, -0.25) is 0 Å². The first-order chi connectivity index (χ1) is 9.92. The Labute approximate surface area is 133 Å². The molecular weight excluding hydrogens is 282 g/mol. The van der Waals surface area contributed by atoms with Crippen molar-refractivity contribution in [3.63, 3.8) is 0 Å². The van der Waals surface area contributed by atoms with Gasteiger partial charge in [0.05, 0.1) is 5.02 Å². The van der Waals surface area contributed by atoms with Crippen LogP contribution in [0.2, 0.25) is 5.02 Å². The van der Waals surface area contributed by atoms with Crippen molar-refractivity contribution in [2.75, 3.05) is 11.4 Å². The van der Waals surface area contributed by atoms with E-state index in [2.05, 4.69) is 42.0 Å². The molecule has 0 saturated heterocycles. The first kappa shape index (κ1) is 15.1. The number of nitrogens with zero attached hydrogens (tertiary/aromatic N) is 2. The summed E-state index contributed by atoms with van der Waals surface area (Å²) in [5.74, 6) is 2.00. The lowest BCUT2D eigenvalue weighted by Crippen LogP contribution is -2.35. The maximum atomic E-state index is 6.32. The average Bonchev–Trinajstić information content (AvgIpc) is 3.26. The van der Waals surface area contributed by atoms with Crippen molar-refractivity contribution in [2.24, 2.45) is 5.92 Å². The molecule has 4 heteroatoms. The van der Waals surface area contributed by atoms with Crippen LogP contribution in [0.15, 0.2) is 12.3 Å². The molecule has 3 rings (SSSR count). The minimum Gasteiger partial charge on any atom is -0.353 e. The van der Waals surface area contributed by atoms with Crippen LogP contribution in [-0.4, -0.2) is 23.1 Å². The summed E-state index contributed by atoms with van der Waals surface area (Å²) in [7, 11) is 0. The van der Waals surface area contributed by atoms with Gasteiger partial charge in [0.2, 0.25) is 0 Å². The molecule has 1 heterocycles. The average molecular weight is 308 g/mol. The zero-order chi connectivity index (χ0) is 15.0. The SMILES string of the molecule is CC(C)(C)NCc1cc(N(CC2CC2)C2CC2)ncc1Cl. The highest BCUT2D eigenvalue weighted by Crippen LogP contribution is 2.37. The van der Waals surface area contributed by atoms with E-state index in [0.29, 0.717) is 6.04 Å². The normalized spacial score (nSPS) is 18.9. The summed E-state index contributed by atoms with van der Waals surface area (Å²) in [4.78, 5) is 7.10. The van der Waals surface area contributed by atoms with Crippen molar-refractivity contribution < 1.29 is 0 Å². The van der Waals surface area contributed by atoms with E-state index in [0.717, 1.165) is 28.9 Å². The number of aromatic nitrogens is 1. The Hall–Kier alpha value is -0.800. The highest BCUT2D eigenvalue weighted by Gasteiger charge is 2.34. The van der Waals surface area contributed by atoms with E-state index in [1.807, 2.05) is 6.20 Å². The summed E-state index contributed by atoms with van der Waals surface area (Å²) in [6.07, 6.45) is 7.21. The van der Waals surface area contributed by atoms with Gasteiger partial charge in [0.1, 0.15) is 5.82 Å². The highest BCUT2D eigenvalue weighted by molar-refractivity contribution is 6.31.